The topological polar surface area (TPSA) is 72.9 Å². The first-order valence-corrected chi connectivity index (χ1v) is 9.19. The number of carbonyl (C=O) groups excluding carboxylic acids is 2. The van der Waals surface area contributed by atoms with Crippen LogP contribution in [-0.2, 0) is 6.54 Å². The van der Waals surface area contributed by atoms with Gasteiger partial charge in [0.2, 0.25) is 0 Å². The van der Waals surface area contributed by atoms with Crippen LogP contribution in [-0.4, -0.2) is 48.2 Å². The zero-order valence-electron chi connectivity index (χ0n) is 15.5. The van der Waals surface area contributed by atoms with Gasteiger partial charge in [-0.3, -0.25) is 9.69 Å². The van der Waals surface area contributed by atoms with E-state index >= 15 is 0 Å². The fraction of sp³-hybridized carbons (Fsp3) is 0.333. The zero-order valence-corrected chi connectivity index (χ0v) is 15.5. The van der Waals surface area contributed by atoms with Gasteiger partial charge in [-0.05, 0) is 37.1 Å². The van der Waals surface area contributed by atoms with Crippen LogP contribution < -0.4 is 10.2 Å². The lowest BCUT2D eigenvalue weighted by Gasteiger charge is -2.36. The van der Waals surface area contributed by atoms with Crippen molar-refractivity contribution in [3.63, 3.8) is 0 Å². The number of nitrogens with one attached hydrogen (secondary N) is 1. The maximum atomic E-state index is 13.0. The second-order valence-corrected chi connectivity index (χ2v) is 6.72. The van der Waals surface area contributed by atoms with E-state index in [4.69, 9.17) is 5.11 Å². The molecule has 1 aliphatic heterocycles. The quantitative estimate of drug-likeness (QED) is 0.824. The van der Waals surface area contributed by atoms with Crippen molar-refractivity contribution >= 4 is 17.6 Å². The van der Waals surface area contributed by atoms with E-state index in [2.05, 4.69) is 17.4 Å². The van der Waals surface area contributed by atoms with Crippen molar-refractivity contribution in [2.24, 2.45) is 0 Å². The summed E-state index contributed by atoms with van der Waals surface area (Å²) in [6, 6.07) is 15.2. The van der Waals surface area contributed by atoms with Gasteiger partial charge in [0.15, 0.2) is 0 Å². The first-order valence-electron chi connectivity index (χ1n) is 9.19. The summed E-state index contributed by atoms with van der Waals surface area (Å²) < 4.78 is 0. The molecule has 0 unspecified atom stereocenters. The number of amides is 3. The second-order valence-electron chi connectivity index (χ2n) is 6.72. The smallest absolute Gasteiger partial charge is 0.324 e. The highest BCUT2D eigenvalue weighted by atomic mass is 16.3. The molecule has 2 N–H and O–H groups in total. The molecule has 0 radical (unpaired) electrons. The van der Waals surface area contributed by atoms with Crippen molar-refractivity contribution in [2.75, 3.05) is 31.1 Å². The Kier molecular flexibility index (Phi) is 6.08. The molecule has 1 fully saturated rings. The Bertz CT molecular complexity index is 805. The van der Waals surface area contributed by atoms with Crippen LogP contribution in [0.3, 0.4) is 0 Å². The van der Waals surface area contributed by atoms with Crippen LogP contribution in [0.2, 0.25) is 0 Å². The van der Waals surface area contributed by atoms with E-state index < -0.39 is 0 Å². The van der Waals surface area contributed by atoms with Crippen LogP contribution in [0.4, 0.5) is 10.5 Å². The number of carbonyl (C=O) groups is 2. The lowest BCUT2D eigenvalue weighted by atomic mass is 10.1. The Morgan fingerprint density at radius 2 is 1.93 bits per heavy atom. The Hall–Kier alpha value is -2.86. The number of nitrogens with zero attached hydrogens (tertiary/aromatic N) is 2. The van der Waals surface area contributed by atoms with Crippen LogP contribution >= 0.6 is 0 Å². The molecule has 1 heterocycles. The van der Waals surface area contributed by atoms with Gasteiger partial charge >= 0.3 is 6.03 Å². The van der Waals surface area contributed by atoms with Gasteiger partial charge in [-0.2, -0.15) is 0 Å². The van der Waals surface area contributed by atoms with Gasteiger partial charge in [0, 0.05) is 37.4 Å². The number of aliphatic hydroxyl groups is 1. The van der Waals surface area contributed by atoms with E-state index in [1.807, 2.05) is 30.0 Å². The van der Waals surface area contributed by atoms with Crippen LogP contribution in [0.15, 0.2) is 48.5 Å². The summed E-state index contributed by atoms with van der Waals surface area (Å²) in [4.78, 5) is 28.6. The van der Waals surface area contributed by atoms with Crippen molar-refractivity contribution in [2.45, 2.75) is 19.9 Å². The standard InChI is InChI=1S/C21H25N3O3/c1-16-6-8-17(9-7-16)15-23-11-3-12-24(21(23)27)19-5-2-4-18(14-19)20(26)22-10-13-25/h2,4-9,14,25H,3,10-13,15H2,1H3,(H,22,26). The minimum Gasteiger partial charge on any atom is -0.395 e. The molecule has 3 rings (SSSR count). The number of hydrogen-bond donors (Lipinski definition) is 2. The van der Waals surface area contributed by atoms with E-state index in [0.29, 0.717) is 24.3 Å². The average molecular weight is 367 g/mol. The average Bonchev–Trinajstić information content (AvgIpc) is 2.69. The molecule has 0 aromatic heterocycles. The van der Waals surface area contributed by atoms with E-state index in [0.717, 1.165) is 18.5 Å². The van der Waals surface area contributed by atoms with E-state index in [9.17, 15) is 9.59 Å². The molecule has 0 spiro atoms. The van der Waals surface area contributed by atoms with Crippen molar-refractivity contribution < 1.29 is 14.7 Å². The van der Waals surface area contributed by atoms with Gasteiger partial charge in [0.05, 0.1) is 6.61 Å². The first-order chi connectivity index (χ1) is 13.1. The van der Waals surface area contributed by atoms with Gasteiger partial charge in [-0.25, -0.2) is 4.79 Å². The van der Waals surface area contributed by atoms with Crippen molar-refractivity contribution in [1.82, 2.24) is 10.2 Å². The van der Waals surface area contributed by atoms with Gasteiger partial charge in [0.1, 0.15) is 0 Å². The normalized spacial score (nSPS) is 14.4. The number of anilines is 1. The second kappa shape index (κ2) is 8.68. The monoisotopic (exact) mass is 367 g/mol. The van der Waals surface area contributed by atoms with Crippen molar-refractivity contribution in [1.29, 1.82) is 0 Å². The number of hydrogen-bond acceptors (Lipinski definition) is 3. The Morgan fingerprint density at radius 3 is 2.67 bits per heavy atom. The summed E-state index contributed by atoms with van der Waals surface area (Å²) in [5.74, 6) is -0.258. The molecular weight excluding hydrogens is 342 g/mol. The number of aliphatic hydroxyl groups excluding tert-OH is 1. The van der Waals surface area contributed by atoms with E-state index in [1.54, 1.807) is 23.1 Å². The SMILES string of the molecule is Cc1ccc(CN2CCCN(c3cccc(C(=O)NCCO)c3)C2=O)cc1. The fourth-order valence-corrected chi connectivity index (χ4v) is 3.17. The third-order valence-corrected chi connectivity index (χ3v) is 4.62. The van der Waals surface area contributed by atoms with Crippen LogP contribution in [0.25, 0.3) is 0 Å². The Labute approximate surface area is 159 Å². The molecule has 1 aliphatic rings. The minimum atomic E-state index is -0.258. The molecule has 0 saturated carbocycles. The summed E-state index contributed by atoms with van der Waals surface area (Å²) in [5.41, 5.74) is 3.49. The lowest BCUT2D eigenvalue weighted by Crippen LogP contribution is -2.49. The van der Waals surface area contributed by atoms with Gasteiger partial charge in [-0.1, -0.05) is 35.9 Å². The van der Waals surface area contributed by atoms with Crippen LogP contribution in [0.5, 0.6) is 0 Å². The third kappa shape index (κ3) is 4.65. The maximum absolute atomic E-state index is 13.0. The van der Waals surface area contributed by atoms with Gasteiger partial charge < -0.3 is 15.3 Å². The molecule has 27 heavy (non-hydrogen) atoms. The van der Waals surface area contributed by atoms with Crippen molar-refractivity contribution in [3.05, 3.63) is 65.2 Å². The number of aryl methyl sites for hydroxylation is 1. The zero-order chi connectivity index (χ0) is 19.2. The Balaban J connectivity index is 1.73. The van der Waals surface area contributed by atoms with Gasteiger partial charge in [0.25, 0.3) is 5.91 Å². The lowest BCUT2D eigenvalue weighted by molar-refractivity contribution is 0.0944. The summed E-state index contributed by atoms with van der Waals surface area (Å²) in [6.07, 6.45) is 0.874. The first kappa shape index (κ1) is 18.9. The third-order valence-electron chi connectivity index (χ3n) is 4.62. The predicted molar refractivity (Wildman–Crippen MR) is 105 cm³/mol. The predicted octanol–water partition coefficient (Wildman–Crippen LogP) is 2.55. The summed E-state index contributed by atoms with van der Waals surface area (Å²) in [6.45, 7) is 4.07. The number of urea groups is 1. The van der Waals surface area contributed by atoms with Crippen LogP contribution in [0, 0.1) is 6.92 Å². The highest BCUT2D eigenvalue weighted by Gasteiger charge is 2.27. The number of benzene rings is 2. The fourth-order valence-electron chi connectivity index (χ4n) is 3.17. The summed E-state index contributed by atoms with van der Waals surface area (Å²) in [5, 5.41) is 11.5. The largest absolute Gasteiger partial charge is 0.395 e. The number of rotatable bonds is 6. The minimum absolute atomic E-state index is 0.0465. The van der Waals surface area contributed by atoms with Gasteiger partial charge in [-0.15, -0.1) is 0 Å². The van der Waals surface area contributed by atoms with Crippen molar-refractivity contribution in [3.8, 4) is 0 Å². The molecule has 142 valence electrons. The summed E-state index contributed by atoms with van der Waals surface area (Å²) >= 11 is 0. The molecule has 3 amide bonds. The molecule has 0 aliphatic carbocycles. The van der Waals surface area contributed by atoms with E-state index in [1.165, 1.54) is 5.56 Å². The molecule has 6 nitrogen and oxygen atoms in total. The highest BCUT2D eigenvalue weighted by Crippen LogP contribution is 2.22. The highest BCUT2D eigenvalue weighted by molar-refractivity contribution is 5.98. The Morgan fingerprint density at radius 1 is 1.15 bits per heavy atom. The van der Waals surface area contributed by atoms with E-state index in [-0.39, 0.29) is 25.1 Å². The van der Waals surface area contributed by atoms with Crippen LogP contribution in [0.1, 0.15) is 27.9 Å². The summed E-state index contributed by atoms with van der Waals surface area (Å²) in [7, 11) is 0. The molecule has 1 saturated heterocycles. The maximum Gasteiger partial charge on any atom is 0.324 e. The molecule has 0 bridgehead atoms. The molecule has 6 heteroatoms. The molecule has 2 aromatic carbocycles. The molecule has 0 atom stereocenters. The molecule has 2 aromatic rings. The molecular formula is C21H25N3O3.